The largest absolute Gasteiger partial charge is 0.468 e. The van der Waals surface area contributed by atoms with Gasteiger partial charge < -0.3 is 10.5 Å². The molecule has 78 valence electrons. The van der Waals surface area contributed by atoms with E-state index in [4.69, 9.17) is 10.5 Å². The van der Waals surface area contributed by atoms with E-state index in [1.807, 2.05) is 26.0 Å². The van der Waals surface area contributed by atoms with Gasteiger partial charge in [0.05, 0.1) is 7.11 Å². The van der Waals surface area contributed by atoms with Crippen LogP contribution in [0.1, 0.15) is 11.1 Å². The third-order valence-electron chi connectivity index (χ3n) is 3.10. The highest BCUT2D eigenvalue weighted by atomic mass is 16.5. The molecule has 0 aromatic heterocycles. The second kappa shape index (κ2) is 3.38. The first kappa shape index (κ1) is 10.2. The molecule has 0 fully saturated rings. The third-order valence-corrected chi connectivity index (χ3v) is 3.10. The number of esters is 1. The predicted octanol–water partition coefficient (Wildman–Crippen LogP) is -1.09. The summed E-state index contributed by atoms with van der Waals surface area (Å²) in [5.41, 5.74) is 8.77. The van der Waals surface area contributed by atoms with Gasteiger partial charge in [0.1, 0.15) is 13.4 Å². The van der Waals surface area contributed by atoms with Gasteiger partial charge in [0.15, 0.2) is 0 Å². The number of nitrogens with two attached hydrogens (primary N) is 1. The zero-order chi connectivity index (χ0) is 11.1. The summed E-state index contributed by atoms with van der Waals surface area (Å²) in [7, 11) is 3.43. The lowest BCUT2D eigenvalue weighted by Crippen LogP contribution is -2.49. The van der Waals surface area contributed by atoms with Crippen molar-refractivity contribution in [2.24, 2.45) is 5.73 Å². The van der Waals surface area contributed by atoms with E-state index in [0.717, 1.165) is 0 Å². The molecule has 1 atom stereocenters. The molecular formula is C11H14BNO2. The quantitative estimate of drug-likeness (QED) is 0.466. The Morgan fingerprint density at radius 1 is 1.53 bits per heavy atom. The van der Waals surface area contributed by atoms with Crippen LogP contribution in [0.5, 0.6) is 0 Å². The van der Waals surface area contributed by atoms with Crippen LogP contribution in [0.15, 0.2) is 18.2 Å². The van der Waals surface area contributed by atoms with Gasteiger partial charge in [-0.15, -0.1) is 0 Å². The van der Waals surface area contributed by atoms with Gasteiger partial charge in [-0.1, -0.05) is 23.7 Å². The van der Waals surface area contributed by atoms with Crippen molar-refractivity contribution in [3.05, 3.63) is 29.3 Å². The summed E-state index contributed by atoms with van der Waals surface area (Å²) in [6, 6.07) is 6.07. The maximum atomic E-state index is 11.6. The Morgan fingerprint density at radius 3 is 2.87 bits per heavy atom. The first-order valence-corrected chi connectivity index (χ1v) is 5.01. The van der Waals surface area contributed by atoms with Crippen LogP contribution < -0.4 is 11.2 Å². The van der Waals surface area contributed by atoms with Crippen molar-refractivity contribution in [3.8, 4) is 0 Å². The molecule has 0 spiro atoms. The van der Waals surface area contributed by atoms with Crippen LogP contribution in [0.3, 0.4) is 0 Å². The summed E-state index contributed by atoms with van der Waals surface area (Å²) >= 11 is 0. The summed E-state index contributed by atoms with van der Waals surface area (Å²) in [5, 5.41) is 0. The van der Waals surface area contributed by atoms with E-state index in [1.165, 1.54) is 23.7 Å². The number of hydrogen-bond acceptors (Lipinski definition) is 3. The fourth-order valence-electron chi connectivity index (χ4n) is 2.25. The fourth-order valence-corrected chi connectivity index (χ4v) is 2.25. The Balaban J connectivity index is 2.37. The van der Waals surface area contributed by atoms with Gasteiger partial charge in [-0.2, -0.15) is 0 Å². The highest BCUT2D eigenvalue weighted by molar-refractivity contribution is 6.33. The first-order chi connectivity index (χ1) is 7.07. The summed E-state index contributed by atoms with van der Waals surface area (Å²) < 4.78 is 4.74. The van der Waals surface area contributed by atoms with Crippen LogP contribution in [0.25, 0.3) is 0 Å². The standard InChI is InChI=1S/C11H14BNO2/c1-15-10(14)11(13)5-7-3-2-4-9(12)8(7)6-11/h2-4H,5-6,12-13H2,1H3. The van der Waals surface area contributed by atoms with Crippen LogP contribution in [0, 0.1) is 0 Å². The van der Waals surface area contributed by atoms with E-state index in [-0.39, 0.29) is 5.97 Å². The van der Waals surface area contributed by atoms with Gasteiger partial charge in [0.25, 0.3) is 0 Å². The molecule has 0 amide bonds. The molecule has 0 radical (unpaired) electrons. The number of ether oxygens (including phenoxy) is 1. The number of methoxy groups -OCH3 is 1. The van der Waals surface area contributed by atoms with Gasteiger partial charge in [-0.05, 0) is 11.1 Å². The van der Waals surface area contributed by atoms with Crippen molar-refractivity contribution in [2.45, 2.75) is 18.4 Å². The van der Waals surface area contributed by atoms with Crippen LogP contribution in [0.4, 0.5) is 0 Å². The minimum atomic E-state index is -0.858. The maximum absolute atomic E-state index is 11.6. The van der Waals surface area contributed by atoms with Crippen LogP contribution >= 0.6 is 0 Å². The summed E-state index contributed by atoms with van der Waals surface area (Å²) in [6.45, 7) is 0. The minimum Gasteiger partial charge on any atom is -0.468 e. The highest BCUT2D eigenvalue weighted by Crippen LogP contribution is 2.27. The molecule has 0 heterocycles. The van der Waals surface area contributed by atoms with E-state index in [1.54, 1.807) is 0 Å². The van der Waals surface area contributed by atoms with Crippen molar-refractivity contribution < 1.29 is 9.53 Å². The number of fused-ring (bicyclic) bond motifs is 1. The monoisotopic (exact) mass is 203 g/mol. The number of carbonyl (C=O) groups excluding carboxylic acids is 1. The molecule has 0 saturated carbocycles. The summed E-state index contributed by atoms with van der Waals surface area (Å²) in [6.07, 6.45) is 1.17. The summed E-state index contributed by atoms with van der Waals surface area (Å²) in [4.78, 5) is 11.6. The molecule has 2 N–H and O–H groups in total. The Labute approximate surface area is 90.0 Å². The first-order valence-electron chi connectivity index (χ1n) is 5.01. The van der Waals surface area contributed by atoms with Crippen molar-refractivity contribution in [2.75, 3.05) is 7.11 Å². The molecule has 15 heavy (non-hydrogen) atoms. The van der Waals surface area contributed by atoms with Crippen LogP contribution in [-0.4, -0.2) is 26.5 Å². The van der Waals surface area contributed by atoms with E-state index < -0.39 is 5.54 Å². The normalized spacial score (nSPS) is 23.6. The number of carbonyl (C=O) groups is 1. The van der Waals surface area contributed by atoms with E-state index >= 15 is 0 Å². The number of benzene rings is 1. The molecular weight excluding hydrogens is 189 g/mol. The lowest BCUT2D eigenvalue weighted by molar-refractivity contribution is -0.146. The zero-order valence-electron chi connectivity index (χ0n) is 9.04. The minimum absolute atomic E-state index is 0.321. The second-order valence-electron chi connectivity index (χ2n) is 4.21. The van der Waals surface area contributed by atoms with E-state index in [2.05, 4.69) is 0 Å². The van der Waals surface area contributed by atoms with Gasteiger partial charge in [0.2, 0.25) is 0 Å². The lowest BCUT2D eigenvalue weighted by atomic mass is 9.88. The molecule has 0 bridgehead atoms. The smallest absolute Gasteiger partial charge is 0.326 e. The molecule has 4 heteroatoms. The highest BCUT2D eigenvalue weighted by Gasteiger charge is 2.41. The van der Waals surface area contributed by atoms with Gasteiger partial charge in [0, 0.05) is 12.8 Å². The maximum Gasteiger partial charge on any atom is 0.326 e. The van der Waals surface area contributed by atoms with Crippen molar-refractivity contribution in [1.29, 1.82) is 0 Å². The average Bonchev–Trinajstić information content (AvgIpc) is 2.57. The van der Waals surface area contributed by atoms with Gasteiger partial charge in [-0.3, -0.25) is 4.79 Å². The number of hydrogen-bond donors (Lipinski definition) is 1. The second-order valence-corrected chi connectivity index (χ2v) is 4.21. The molecule has 1 unspecified atom stereocenters. The fraction of sp³-hybridized carbons (Fsp3) is 0.364. The number of rotatable bonds is 1. The topological polar surface area (TPSA) is 52.3 Å². The molecule has 1 aliphatic rings. The SMILES string of the molecule is Bc1cccc2c1CC(N)(C(=O)OC)C2. The molecule has 3 nitrogen and oxygen atoms in total. The van der Waals surface area contributed by atoms with Crippen LogP contribution in [-0.2, 0) is 22.4 Å². The van der Waals surface area contributed by atoms with Crippen LogP contribution in [0.2, 0.25) is 0 Å². The van der Waals surface area contributed by atoms with Crippen molar-refractivity contribution in [1.82, 2.24) is 0 Å². The average molecular weight is 203 g/mol. The summed E-state index contributed by atoms with van der Waals surface area (Å²) in [5.74, 6) is -0.321. The third kappa shape index (κ3) is 1.55. The lowest BCUT2D eigenvalue weighted by Gasteiger charge is -2.19. The van der Waals surface area contributed by atoms with Gasteiger partial charge >= 0.3 is 5.97 Å². The zero-order valence-corrected chi connectivity index (χ0v) is 9.04. The molecule has 2 rings (SSSR count). The van der Waals surface area contributed by atoms with Crippen molar-refractivity contribution >= 4 is 19.3 Å². The Morgan fingerprint density at radius 2 is 2.27 bits per heavy atom. The Bertz CT molecular complexity index is 419. The molecule has 1 aromatic carbocycles. The van der Waals surface area contributed by atoms with E-state index in [0.29, 0.717) is 12.8 Å². The van der Waals surface area contributed by atoms with E-state index in [9.17, 15) is 4.79 Å². The molecule has 1 aromatic rings. The molecule has 0 aliphatic heterocycles. The Hall–Kier alpha value is -1.29. The van der Waals surface area contributed by atoms with Gasteiger partial charge in [-0.25, -0.2) is 0 Å². The predicted molar refractivity (Wildman–Crippen MR) is 61.0 cm³/mol. The molecule has 1 aliphatic carbocycles. The molecule has 0 saturated heterocycles. The van der Waals surface area contributed by atoms with Crippen molar-refractivity contribution in [3.63, 3.8) is 0 Å². The Kier molecular flexibility index (Phi) is 2.31.